The molecule has 8 nitrogen and oxygen atoms in total. The van der Waals surface area contributed by atoms with Gasteiger partial charge in [0.25, 0.3) is 11.6 Å². The van der Waals surface area contributed by atoms with Crippen molar-refractivity contribution in [1.29, 1.82) is 0 Å². The molecule has 9 heteroatoms. The van der Waals surface area contributed by atoms with Gasteiger partial charge in [0, 0.05) is 29.9 Å². The zero-order chi connectivity index (χ0) is 18.9. The van der Waals surface area contributed by atoms with E-state index in [1.165, 1.54) is 28.6 Å². The maximum Gasteiger partial charge on any atom is 0.269 e. The second-order valence-electron chi connectivity index (χ2n) is 6.00. The molecule has 0 bridgehead atoms. The minimum absolute atomic E-state index is 0.0890. The summed E-state index contributed by atoms with van der Waals surface area (Å²) < 4.78 is 25.4. The van der Waals surface area contributed by atoms with Crippen LogP contribution < -0.4 is 9.62 Å². The number of anilines is 2. The number of carbonyl (C=O) groups is 1. The third-order valence-corrected chi connectivity index (χ3v) is 6.06. The van der Waals surface area contributed by atoms with Gasteiger partial charge in [-0.1, -0.05) is 0 Å². The zero-order valence-corrected chi connectivity index (χ0v) is 14.8. The van der Waals surface area contributed by atoms with E-state index >= 15 is 0 Å². The highest BCUT2D eigenvalue weighted by atomic mass is 32.2. The van der Waals surface area contributed by atoms with Crippen molar-refractivity contribution >= 4 is 33.0 Å². The van der Waals surface area contributed by atoms with Crippen molar-refractivity contribution in [3.63, 3.8) is 0 Å². The SMILES string of the molecule is Cc1cc(N2CCCS2(=O)=O)ccc1NC(=O)c1ccc([N+](=O)[O-])cc1. The number of rotatable bonds is 4. The van der Waals surface area contributed by atoms with E-state index in [1.54, 1.807) is 25.1 Å². The van der Waals surface area contributed by atoms with E-state index in [9.17, 15) is 23.3 Å². The Labute approximate surface area is 150 Å². The molecule has 136 valence electrons. The van der Waals surface area contributed by atoms with Crippen molar-refractivity contribution in [2.24, 2.45) is 0 Å². The molecule has 2 aromatic rings. The Hall–Kier alpha value is -2.94. The third kappa shape index (κ3) is 3.52. The van der Waals surface area contributed by atoms with Gasteiger partial charge in [0.15, 0.2) is 0 Å². The highest BCUT2D eigenvalue weighted by molar-refractivity contribution is 7.93. The number of aryl methyl sites for hydroxylation is 1. The second-order valence-corrected chi connectivity index (χ2v) is 8.01. The van der Waals surface area contributed by atoms with Crippen LogP contribution in [0.4, 0.5) is 17.1 Å². The van der Waals surface area contributed by atoms with Crippen molar-refractivity contribution in [3.8, 4) is 0 Å². The van der Waals surface area contributed by atoms with Crippen molar-refractivity contribution < 1.29 is 18.1 Å². The van der Waals surface area contributed by atoms with Gasteiger partial charge in [-0.05, 0) is 49.2 Å². The highest BCUT2D eigenvalue weighted by Crippen LogP contribution is 2.28. The summed E-state index contributed by atoms with van der Waals surface area (Å²) in [5.74, 6) is -0.255. The van der Waals surface area contributed by atoms with E-state index in [0.29, 0.717) is 29.9 Å². The smallest absolute Gasteiger partial charge is 0.269 e. The number of nitro benzene ring substituents is 1. The molecule has 26 heavy (non-hydrogen) atoms. The van der Waals surface area contributed by atoms with Gasteiger partial charge in [-0.2, -0.15) is 0 Å². The van der Waals surface area contributed by atoms with Crippen LogP contribution in [-0.2, 0) is 10.0 Å². The van der Waals surface area contributed by atoms with Crippen LogP contribution in [0, 0.1) is 17.0 Å². The number of non-ortho nitro benzene ring substituents is 1. The van der Waals surface area contributed by atoms with E-state index in [-0.39, 0.29) is 11.4 Å². The molecule has 0 aliphatic carbocycles. The molecular formula is C17H17N3O5S. The molecule has 1 N–H and O–H groups in total. The molecule has 1 heterocycles. The van der Waals surface area contributed by atoms with Crippen molar-refractivity contribution in [1.82, 2.24) is 0 Å². The summed E-state index contributed by atoms with van der Waals surface area (Å²) in [5, 5.41) is 13.4. The van der Waals surface area contributed by atoms with Gasteiger partial charge in [0.05, 0.1) is 16.4 Å². The van der Waals surface area contributed by atoms with Gasteiger partial charge in [0.2, 0.25) is 10.0 Å². The summed E-state index contributed by atoms with van der Waals surface area (Å²) >= 11 is 0. The molecule has 1 fully saturated rings. The molecule has 0 radical (unpaired) electrons. The molecule has 1 saturated heterocycles. The van der Waals surface area contributed by atoms with Crippen LogP contribution in [0.2, 0.25) is 0 Å². The molecule has 1 aliphatic heterocycles. The van der Waals surface area contributed by atoms with Gasteiger partial charge < -0.3 is 5.32 Å². The standard InChI is InChI=1S/C17H17N3O5S/c1-12-11-15(19-9-2-10-26(19,24)25)7-8-16(12)18-17(21)13-3-5-14(6-4-13)20(22)23/h3-8,11H,2,9-10H2,1H3,(H,18,21). The molecule has 0 saturated carbocycles. The number of nitrogens with one attached hydrogen (secondary N) is 1. The Balaban J connectivity index is 1.78. The van der Waals surface area contributed by atoms with Crippen LogP contribution in [0.15, 0.2) is 42.5 Å². The lowest BCUT2D eigenvalue weighted by Crippen LogP contribution is -2.25. The molecule has 0 unspecified atom stereocenters. The summed E-state index contributed by atoms with van der Waals surface area (Å²) in [6.45, 7) is 2.23. The normalized spacial score (nSPS) is 15.7. The maximum atomic E-state index is 12.3. The van der Waals surface area contributed by atoms with Crippen molar-refractivity contribution in [2.45, 2.75) is 13.3 Å². The van der Waals surface area contributed by atoms with Crippen LogP contribution >= 0.6 is 0 Å². The van der Waals surface area contributed by atoms with E-state index < -0.39 is 20.9 Å². The quantitative estimate of drug-likeness (QED) is 0.653. The van der Waals surface area contributed by atoms with Gasteiger partial charge in [-0.15, -0.1) is 0 Å². The third-order valence-electron chi connectivity index (χ3n) is 4.19. The Kier molecular flexibility index (Phi) is 4.64. The summed E-state index contributed by atoms with van der Waals surface area (Å²) in [7, 11) is -3.26. The fraction of sp³-hybridized carbons (Fsp3) is 0.235. The van der Waals surface area contributed by atoms with Crippen LogP contribution in [0.5, 0.6) is 0 Å². The average Bonchev–Trinajstić information content (AvgIpc) is 2.96. The van der Waals surface area contributed by atoms with Gasteiger partial charge >= 0.3 is 0 Å². The lowest BCUT2D eigenvalue weighted by Gasteiger charge is -2.18. The predicted octanol–water partition coefficient (Wildman–Crippen LogP) is 2.70. The Morgan fingerprint density at radius 3 is 2.42 bits per heavy atom. The number of hydrogen-bond acceptors (Lipinski definition) is 5. The van der Waals surface area contributed by atoms with Crippen LogP contribution in [-0.4, -0.2) is 31.5 Å². The Morgan fingerprint density at radius 2 is 1.88 bits per heavy atom. The first-order valence-corrected chi connectivity index (χ1v) is 9.56. The number of sulfonamides is 1. The lowest BCUT2D eigenvalue weighted by molar-refractivity contribution is -0.384. The fourth-order valence-electron chi connectivity index (χ4n) is 2.80. The molecule has 3 rings (SSSR count). The first kappa shape index (κ1) is 17.9. The summed E-state index contributed by atoms with van der Waals surface area (Å²) in [6.07, 6.45) is 0.597. The second kappa shape index (κ2) is 6.75. The molecule has 0 aromatic heterocycles. The minimum Gasteiger partial charge on any atom is -0.322 e. The number of amides is 1. The van der Waals surface area contributed by atoms with Gasteiger partial charge in [0.1, 0.15) is 0 Å². The lowest BCUT2D eigenvalue weighted by atomic mass is 10.1. The van der Waals surface area contributed by atoms with Crippen molar-refractivity contribution in [2.75, 3.05) is 21.9 Å². The molecule has 1 aliphatic rings. The van der Waals surface area contributed by atoms with E-state index in [0.717, 1.165) is 5.56 Å². The maximum absolute atomic E-state index is 12.3. The predicted molar refractivity (Wildman–Crippen MR) is 98.0 cm³/mol. The molecule has 0 atom stereocenters. The average molecular weight is 375 g/mol. The molecule has 0 spiro atoms. The van der Waals surface area contributed by atoms with Gasteiger partial charge in [-0.25, -0.2) is 8.42 Å². The van der Waals surface area contributed by atoms with E-state index in [4.69, 9.17) is 0 Å². The highest BCUT2D eigenvalue weighted by Gasteiger charge is 2.28. The van der Waals surface area contributed by atoms with Crippen LogP contribution in [0.3, 0.4) is 0 Å². The summed E-state index contributed by atoms with van der Waals surface area (Å²) in [6, 6.07) is 10.3. The first-order chi connectivity index (χ1) is 12.3. The van der Waals surface area contributed by atoms with E-state index in [1.807, 2.05) is 0 Å². The summed E-state index contributed by atoms with van der Waals surface area (Å²) in [5.41, 5.74) is 2.05. The minimum atomic E-state index is -3.26. The Bertz CT molecular complexity index is 970. The van der Waals surface area contributed by atoms with Crippen molar-refractivity contribution in [3.05, 3.63) is 63.7 Å². The first-order valence-electron chi connectivity index (χ1n) is 7.95. The van der Waals surface area contributed by atoms with Crippen LogP contribution in [0.1, 0.15) is 22.3 Å². The molecule has 2 aromatic carbocycles. The topological polar surface area (TPSA) is 110 Å². The Morgan fingerprint density at radius 1 is 1.19 bits per heavy atom. The van der Waals surface area contributed by atoms with E-state index in [2.05, 4.69) is 5.32 Å². The summed E-state index contributed by atoms with van der Waals surface area (Å²) in [4.78, 5) is 22.4. The van der Waals surface area contributed by atoms with Crippen LogP contribution in [0.25, 0.3) is 0 Å². The number of nitro groups is 1. The fourth-order valence-corrected chi connectivity index (χ4v) is 4.36. The molecule has 1 amide bonds. The number of benzene rings is 2. The number of nitrogens with zero attached hydrogens (tertiary/aromatic N) is 2. The number of carbonyl (C=O) groups excluding carboxylic acids is 1. The monoisotopic (exact) mass is 375 g/mol. The zero-order valence-electron chi connectivity index (χ0n) is 14.0. The molecular weight excluding hydrogens is 358 g/mol. The van der Waals surface area contributed by atoms with Gasteiger partial charge in [-0.3, -0.25) is 19.2 Å². The largest absolute Gasteiger partial charge is 0.322 e. The number of hydrogen-bond donors (Lipinski definition) is 1.